The van der Waals surface area contributed by atoms with E-state index in [4.69, 9.17) is 5.73 Å². The molecule has 0 bridgehead atoms. The third-order valence-electron chi connectivity index (χ3n) is 1.47. The SMILES string of the molecule is CCc1ccc(C(N)=O)cn1. The minimum atomic E-state index is -0.430. The van der Waals surface area contributed by atoms with E-state index in [1.54, 1.807) is 12.1 Å². The molecule has 11 heavy (non-hydrogen) atoms. The van der Waals surface area contributed by atoms with Gasteiger partial charge in [0.15, 0.2) is 0 Å². The van der Waals surface area contributed by atoms with E-state index in [-0.39, 0.29) is 0 Å². The fourth-order valence-corrected chi connectivity index (χ4v) is 0.779. The van der Waals surface area contributed by atoms with E-state index in [0.717, 1.165) is 12.1 Å². The summed E-state index contributed by atoms with van der Waals surface area (Å²) >= 11 is 0. The fourth-order valence-electron chi connectivity index (χ4n) is 0.779. The maximum atomic E-state index is 10.6. The van der Waals surface area contributed by atoms with Gasteiger partial charge < -0.3 is 5.73 Å². The molecule has 3 nitrogen and oxygen atoms in total. The number of pyridine rings is 1. The number of aromatic nitrogens is 1. The van der Waals surface area contributed by atoms with Crippen molar-refractivity contribution in [2.45, 2.75) is 13.3 Å². The van der Waals surface area contributed by atoms with Crippen molar-refractivity contribution < 1.29 is 4.79 Å². The van der Waals surface area contributed by atoms with Crippen molar-refractivity contribution >= 4 is 5.91 Å². The van der Waals surface area contributed by atoms with Crippen LogP contribution in [-0.2, 0) is 6.42 Å². The summed E-state index contributed by atoms with van der Waals surface area (Å²) in [5.74, 6) is -0.430. The van der Waals surface area contributed by atoms with Crippen LogP contribution in [0.4, 0.5) is 0 Å². The zero-order valence-corrected chi connectivity index (χ0v) is 6.37. The lowest BCUT2D eigenvalue weighted by molar-refractivity contribution is 0.1000. The van der Waals surface area contributed by atoms with Gasteiger partial charge in [0.2, 0.25) is 5.91 Å². The van der Waals surface area contributed by atoms with Crippen LogP contribution in [0, 0.1) is 0 Å². The molecule has 0 saturated heterocycles. The molecule has 3 heteroatoms. The lowest BCUT2D eigenvalue weighted by Gasteiger charge is -1.95. The summed E-state index contributed by atoms with van der Waals surface area (Å²) in [4.78, 5) is 14.6. The van der Waals surface area contributed by atoms with Crippen molar-refractivity contribution in [3.05, 3.63) is 29.6 Å². The highest BCUT2D eigenvalue weighted by Crippen LogP contribution is 1.99. The van der Waals surface area contributed by atoms with Crippen molar-refractivity contribution in [1.29, 1.82) is 0 Å². The van der Waals surface area contributed by atoms with Gasteiger partial charge in [0.05, 0.1) is 5.56 Å². The summed E-state index contributed by atoms with van der Waals surface area (Å²) in [5, 5.41) is 0. The second kappa shape index (κ2) is 3.14. The van der Waals surface area contributed by atoms with Crippen LogP contribution in [0.5, 0.6) is 0 Å². The van der Waals surface area contributed by atoms with Crippen molar-refractivity contribution in [3.8, 4) is 0 Å². The molecular weight excluding hydrogens is 140 g/mol. The molecule has 0 radical (unpaired) electrons. The van der Waals surface area contributed by atoms with Crippen molar-refractivity contribution in [3.63, 3.8) is 0 Å². The molecule has 0 fully saturated rings. The van der Waals surface area contributed by atoms with E-state index in [9.17, 15) is 4.79 Å². The topological polar surface area (TPSA) is 56.0 Å². The molecule has 1 rings (SSSR count). The van der Waals surface area contributed by atoms with Crippen molar-refractivity contribution in [2.24, 2.45) is 5.73 Å². The summed E-state index contributed by atoms with van der Waals surface area (Å²) in [6.07, 6.45) is 2.38. The lowest BCUT2D eigenvalue weighted by Crippen LogP contribution is -2.11. The Hall–Kier alpha value is -1.38. The van der Waals surface area contributed by atoms with Gasteiger partial charge in [-0.25, -0.2) is 0 Å². The molecule has 1 heterocycles. The highest BCUT2D eigenvalue weighted by Gasteiger charge is 1.98. The monoisotopic (exact) mass is 150 g/mol. The lowest BCUT2D eigenvalue weighted by atomic mass is 10.2. The first-order valence-electron chi connectivity index (χ1n) is 3.48. The fraction of sp³-hybridized carbons (Fsp3) is 0.250. The minimum absolute atomic E-state index is 0.430. The predicted molar refractivity (Wildman–Crippen MR) is 42.1 cm³/mol. The number of carbonyl (C=O) groups excluding carboxylic acids is 1. The Balaban J connectivity index is 2.91. The molecule has 1 amide bonds. The second-order valence-electron chi connectivity index (χ2n) is 2.26. The Labute approximate surface area is 65.2 Å². The van der Waals surface area contributed by atoms with Gasteiger partial charge in [0, 0.05) is 11.9 Å². The van der Waals surface area contributed by atoms with Crippen LogP contribution in [0.3, 0.4) is 0 Å². The van der Waals surface area contributed by atoms with Gasteiger partial charge >= 0.3 is 0 Å². The quantitative estimate of drug-likeness (QED) is 0.676. The summed E-state index contributed by atoms with van der Waals surface area (Å²) in [6.45, 7) is 2.01. The molecular formula is C8H10N2O. The number of rotatable bonds is 2. The predicted octanol–water partition coefficient (Wildman–Crippen LogP) is 0.743. The summed E-state index contributed by atoms with van der Waals surface area (Å²) < 4.78 is 0. The molecule has 0 aliphatic heterocycles. The van der Waals surface area contributed by atoms with Crippen molar-refractivity contribution in [2.75, 3.05) is 0 Å². The van der Waals surface area contributed by atoms with Gasteiger partial charge in [-0.2, -0.15) is 0 Å². The molecule has 2 N–H and O–H groups in total. The molecule has 58 valence electrons. The van der Waals surface area contributed by atoms with E-state index in [1.807, 2.05) is 6.92 Å². The molecule has 0 aliphatic carbocycles. The smallest absolute Gasteiger partial charge is 0.250 e. The Morgan fingerprint density at radius 1 is 1.64 bits per heavy atom. The van der Waals surface area contributed by atoms with Crippen LogP contribution in [-0.4, -0.2) is 10.9 Å². The van der Waals surface area contributed by atoms with Crippen LogP contribution < -0.4 is 5.73 Å². The maximum absolute atomic E-state index is 10.6. The third kappa shape index (κ3) is 1.77. The van der Waals surface area contributed by atoms with Gasteiger partial charge in [-0.1, -0.05) is 6.92 Å². The van der Waals surface area contributed by atoms with E-state index < -0.39 is 5.91 Å². The number of primary amides is 1. The summed E-state index contributed by atoms with van der Waals surface area (Å²) in [5.41, 5.74) is 6.45. The number of nitrogens with zero attached hydrogens (tertiary/aromatic N) is 1. The Bertz CT molecular complexity index is 253. The molecule has 1 aromatic heterocycles. The standard InChI is InChI=1S/C8H10N2O/c1-2-7-4-3-6(5-10-7)8(9)11/h3-5H,2H2,1H3,(H2,9,11). The van der Waals surface area contributed by atoms with Crippen molar-refractivity contribution in [1.82, 2.24) is 4.98 Å². The average Bonchev–Trinajstić information content (AvgIpc) is 2.05. The van der Waals surface area contributed by atoms with Crippen LogP contribution in [0.2, 0.25) is 0 Å². The highest BCUT2D eigenvalue weighted by molar-refractivity contribution is 5.92. The first-order valence-corrected chi connectivity index (χ1v) is 3.48. The van der Waals surface area contributed by atoms with Gasteiger partial charge in [0.25, 0.3) is 0 Å². The number of carbonyl (C=O) groups is 1. The Morgan fingerprint density at radius 3 is 2.73 bits per heavy atom. The second-order valence-corrected chi connectivity index (χ2v) is 2.26. The normalized spacial score (nSPS) is 9.55. The number of nitrogens with two attached hydrogens (primary N) is 1. The zero-order valence-electron chi connectivity index (χ0n) is 6.37. The summed E-state index contributed by atoms with van der Waals surface area (Å²) in [7, 11) is 0. The van der Waals surface area contributed by atoms with E-state index in [1.165, 1.54) is 6.20 Å². The zero-order chi connectivity index (χ0) is 8.27. The Kier molecular flexibility index (Phi) is 2.21. The molecule has 1 aromatic rings. The van der Waals surface area contributed by atoms with Crippen LogP contribution in [0.15, 0.2) is 18.3 Å². The average molecular weight is 150 g/mol. The largest absolute Gasteiger partial charge is 0.366 e. The Morgan fingerprint density at radius 2 is 2.36 bits per heavy atom. The number of amides is 1. The summed E-state index contributed by atoms with van der Waals surface area (Å²) in [6, 6.07) is 3.49. The van der Waals surface area contributed by atoms with Gasteiger partial charge in [-0.15, -0.1) is 0 Å². The maximum Gasteiger partial charge on any atom is 0.250 e. The van der Waals surface area contributed by atoms with Gasteiger partial charge in [0.1, 0.15) is 0 Å². The van der Waals surface area contributed by atoms with E-state index in [0.29, 0.717) is 5.56 Å². The first-order chi connectivity index (χ1) is 5.24. The number of hydrogen-bond donors (Lipinski definition) is 1. The van der Waals surface area contributed by atoms with Crippen LogP contribution >= 0.6 is 0 Å². The van der Waals surface area contributed by atoms with E-state index in [2.05, 4.69) is 4.98 Å². The number of hydrogen-bond acceptors (Lipinski definition) is 2. The minimum Gasteiger partial charge on any atom is -0.366 e. The van der Waals surface area contributed by atoms with Crippen LogP contribution in [0.25, 0.3) is 0 Å². The van der Waals surface area contributed by atoms with Gasteiger partial charge in [-0.3, -0.25) is 9.78 Å². The van der Waals surface area contributed by atoms with E-state index >= 15 is 0 Å². The molecule has 0 aromatic carbocycles. The number of aryl methyl sites for hydroxylation is 1. The molecule has 0 spiro atoms. The first kappa shape index (κ1) is 7.72. The van der Waals surface area contributed by atoms with Gasteiger partial charge in [-0.05, 0) is 18.6 Å². The molecule has 0 atom stereocenters. The molecule has 0 unspecified atom stereocenters. The molecule has 0 aliphatic rings. The van der Waals surface area contributed by atoms with Crippen LogP contribution in [0.1, 0.15) is 23.0 Å². The highest BCUT2D eigenvalue weighted by atomic mass is 16.1. The molecule has 0 saturated carbocycles. The third-order valence-corrected chi connectivity index (χ3v) is 1.47.